The highest BCUT2D eigenvalue weighted by Gasteiger charge is 2.28. The standard InChI is InChI=1S/C20H22N2O4S/c23-18(26-14-15-5-2-1-3-6-15)13-21-19(24)16-8-10-22(11-9-16)20(25)17-7-4-12-27-17/h1-7,12,16H,8-11,13-14H2,(H,21,24). The van der Waals surface area contributed by atoms with Crippen molar-refractivity contribution in [3.63, 3.8) is 0 Å². The molecule has 0 aliphatic carbocycles. The van der Waals surface area contributed by atoms with Crippen molar-refractivity contribution >= 4 is 29.1 Å². The molecule has 0 radical (unpaired) electrons. The quantitative estimate of drug-likeness (QED) is 0.774. The molecule has 1 aromatic carbocycles. The van der Waals surface area contributed by atoms with E-state index in [1.807, 2.05) is 47.8 Å². The summed E-state index contributed by atoms with van der Waals surface area (Å²) < 4.78 is 5.15. The van der Waals surface area contributed by atoms with Gasteiger partial charge in [0.1, 0.15) is 13.2 Å². The summed E-state index contributed by atoms with van der Waals surface area (Å²) in [7, 11) is 0. The summed E-state index contributed by atoms with van der Waals surface area (Å²) in [5.41, 5.74) is 0.903. The lowest BCUT2D eigenvalue weighted by molar-refractivity contribution is -0.145. The van der Waals surface area contributed by atoms with Crippen LogP contribution in [0.3, 0.4) is 0 Å². The number of benzene rings is 1. The smallest absolute Gasteiger partial charge is 0.325 e. The molecule has 1 aliphatic heterocycles. The van der Waals surface area contributed by atoms with Crippen LogP contribution in [0.15, 0.2) is 47.8 Å². The molecule has 2 heterocycles. The maximum atomic E-state index is 12.3. The van der Waals surface area contributed by atoms with Crippen molar-refractivity contribution in [1.29, 1.82) is 0 Å². The molecule has 2 amide bonds. The number of amides is 2. The molecule has 2 aromatic rings. The van der Waals surface area contributed by atoms with Crippen LogP contribution >= 0.6 is 11.3 Å². The van der Waals surface area contributed by atoms with E-state index in [4.69, 9.17) is 4.74 Å². The molecule has 1 aliphatic rings. The summed E-state index contributed by atoms with van der Waals surface area (Å²) in [6.45, 7) is 1.15. The first-order valence-electron chi connectivity index (χ1n) is 8.93. The summed E-state index contributed by atoms with van der Waals surface area (Å²) in [6, 6.07) is 13.1. The fraction of sp³-hybridized carbons (Fsp3) is 0.350. The van der Waals surface area contributed by atoms with Gasteiger partial charge >= 0.3 is 5.97 Å². The topological polar surface area (TPSA) is 75.7 Å². The Morgan fingerprint density at radius 1 is 1.07 bits per heavy atom. The lowest BCUT2D eigenvalue weighted by Gasteiger charge is -2.31. The average Bonchev–Trinajstić information content (AvgIpc) is 3.25. The van der Waals surface area contributed by atoms with Gasteiger partial charge in [0.15, 0.2) is 0 Å². The molecule has 0 unspecified atom stereocenters. The van der Waals surface area contributed by atoms with Crippen molar-refractivity contribution in [1.82, 2.24) is 10.2 Å². The van der Waals surface area contributed by atoms with Crippen molar-refractivity contribution in [2.75, 3.05) is 19.6 Å². The van der Waals surface area contributed by atoms with Gasteiger partial charge in [-0.25, -0.2) is 0 Å². The second kappa shape index (κ2) is 9.32. The number of nitrogens with zero attached hydrogens (tertiary/aromatic N) is 1. The summed E-state index contributed by atoms with van der Waals surface area (Å²) in [5, 5.41) is 4.52. The summed E-state index contributed by atoms with van der Waals surface area (Å²) >= 11 is 1.42. The van der Waals surface area contributed by atoms with E-state index in [1.54, 1.807) is 4.90 Å². The normalized spacial score (nSPS) is 14.6. The van der Waals surface area contributed by atoms with E-state index in [2.05, 4.69) is 5.32 Å². The summed E-state index contributed by atoms with van der Waals surface area (Å²) in [5.74, 6) is -0.778. The van der Waals surface area contributed by atoms with Gasteiger partial charge in [-0.15, -0.1) is 11.3 Å². The number of nitrogens with one attached hydrogen (secondary N) is 1. The zero-order valence-electron chi connectivity index (χ0n) is 14.9. The van der Waals surface area contributed by atoms with Gasteiger partial charge in [0.05, 0.1) is 4.88 Å². The lowest BCUT2D eigenvalue weighted by Crippen LogP contribution is -2.43. The third-order valence-electron chi connectivity index (χ3n) is 4.53. The van der Waals surface area contributed by atoms with Gasteiger partial charge in [0.25, 0.3) is 5.91 Å². The van der Waals surface area contributed by atoms with E-state index in [1.165, 1.54) is 11.3 Å². The maximum absolute atomic E-state index is 12.3. The van der Waals surface area contributed by atoms with Gasteiger partial charge in [0, 0.05) is 19.0 Å². The van der Waals surface area contributed by atoms with E-state index in [-0.39, 0.29) is 30.9 Å². The van der Waals surface area contributed by atoms with E-state index in [0.717, 1.165) is 10.4 Å². The van der Waals surface area contributed by atoms with E-state index >= 15 is 0 Å². The monoisotopic (exact) mass is 386 g/mol. The van der Waals surface area contributed by atoms with Crippen molar-refractivity contribution < 1.29 is 19.1 Å². The van der Waals surface area contributed by atoms with Crippen LogP contribution in [-0.4, -0.2) is 42.3 Å². The largest absolute Gasteiger partial charge is 0.460 e. The van der Waals surface area contributed by atoms with Gasteiger partial charge in [-0.3, -0.25) is 14.4 Å². The molecule has 3 rings (SSSR count). The third-order valence-corrected chi connectivity index (χ3v) is 5.39. The Bertz CT molecular complexity index is 769. The van der Waals surface area contributed by atoms with Crippen LogP contribution in [0.5, 0.6) is 0 Å². The molecule has 1 saturated heterocycles. The second-order valence-corrected chi connectivity index (χ2v) is 7.36. The molecule has 0 bridgehead atoms. The number of rotatable bonds is 6. The molecule has 0 saturated carbocycles. The number of ether oxygens (including phenoxy) is 1. The molecule has 6 nitrogen and oxygen atoms in total. The second-order valence-electron chi connectivity index (χ2n) is 6.41. The minimum atomic E-state index is -0.461. The number of piperidine rings is 1. The molecule has 1 aromatic heterocycles. The van der Waals surface area contributed by atoms with E-state index in [0.29, 0.717) is 25.9 Å². The zero-order chi connectivity index (χ0) is 19.1. The van der Waals surface area contributed by atoms with Crippen molar-refractivity contribution in [2.24, 2.45) is 5.92 Å². The number of hydrogen-bond donors (Lipinski definition) is 1. The van der Waals surface area contributed by atoms with Crippen LogP contribution in [0.1, 0.15) is 28.1 Å². The van der Waals surface area contributed by atoms with Gasteiger partial charge < -0.3 is 15.0 Å². The predicted octanol–water partition coefficient (Wildman–Crippen LogP) is 2.46. The predicted molar refractivity (Wildman–Crippen MR) is 102 cm³/mol. The molecule has 142 valence electrons. The van der Waals surface area contributed by atoms with Crippen LogP contribution in [0.25, 0.3) is 0 Å². The SMILES string of the molecule is O=C(CNC(=O)C1CCN(C(=O)c2cccs2)CC1)OCc1ccccc1. The van der Waals surface area contributed by atoms with Crippen molar-refractivity contribution in [2.45, 2.75) is 19.4 Å². The highest BCUT2D eigenvalue weighted by atomic mass is 32.1. The van der Waals surface area contributed by atoms with Crippen LogP contribution in [0, 0.1) is 5.92 Å². The van der Waals surface area contributed by atoms with E-state index < -0.39 is 5.97 Å². The fourth-order valence-corrected chi connectivity index (χ4v) is 3.68. The number of carbonyl (C=O) groups is 3. The lowest BCUT2D eigenvalue weighted by atomic mass is 9.96. The summed E-state index contributed by atoms with van der Waals surface area (Å²) in [6.07, 6.45) is 1.20. The Kier molecular flexibility index (Phi) is 6.59. The number of thiophene rings is 1. The summed E-state index contributed by atoms with van der Waals surface area (Å²) in [4.78, 5) is 38.9. The van der Waals surface area contributed by atoms with Gasteiger partial charge in [-0.05, 0) is 29.9 Å². The fourth-order valence-electron chi connectivity index (χ4n) is 2.99. The molecule has 1 fully saturated rings. The average molecular weight is 386 g/mol. The van der Waals surface area contributed by atoms with Crippen LogP contribution < -0.4 is 5.32 Å². The Hall–Kier alpha value is -2.67. The molecule has 0 atom stereocenters. The Labute approximate surface area is 162 Å². The minimum absolute atomic E-state index is 0.0216. The molecule has 0 spiro atoms. The third kappa shape index (κ3) is 5.40. The Balaban J connectivity index is 1.37. The number of likely N-dealkylation sites (tertiary alicyclic amines) is 1. The number of carbonyl (C=O) groups excluding carboxylic acids is 3. The highest BCUT2D eigenvalue weighted by Crippen LogP contribution is 2.20. The van der Waals surface area contributed by atoms with Gasteiger partial charge in [0.2, 0.25) is 5.91 Å². The van der Waals surface area contributed by atoms with Gasteiger partial charge in [-0.1, -0.05) is 36.4 Å². The number of hydrogen-bond acceptors (Lipinski definition) is 5. The molecule has 7 heteroatoms. The van der Waals surface area contributed by atoms with Gasteiger partial charge in [-0.2, -0.15) is 0 Å². The molecular formula is C20H22N2O4S. The number of esters is 1. The molecule has 1 N–H and O–H groups in total. The minimum Gasteiger partial charge on any atom is -0.460 e. The Morgan fingerprint density at radius 2 is 1.81 bits per heavy atom. The van der Waals surface area contributed by atoms with Crippen molar-refractivity contribution in [3.8, 4) is 0 Å². The van der Waals surface area contributed by atoms with Crippen molar-refractivity contribution in [3.05, 3.63) is 58.3 Å². The van der Waals surface area contributed by atoms with E-state index in [9.17, 15) is 14.4 Å². The van der Waals surface area contributed by atoms with Crippen LogP contribution in [0.4, 0.5) is 0 Å². The van der Waals surface area contributed by atoms with Crippen LogP contribution in [0.2, 0.25) is 0 Å². The highest BCUT2D eigenvalue weighted by molar-refractivity contribution is 7.12. The maximum Gasteiger partial charge on any atom is 0.325 e. The van der Waals surface area contributed by atoms with Crippen LogP contribution in [-0.2, 0) is 20.9 Å². The first-order chi connectivity index (χ1) is 13.1. The molecule has 27 heavy (non-hydrogen) atoms. The first-order valence-corrected chi connectivity index (χ1v) is 9.81. The molecular weight excluding hydrogens is 364 g/mol. The first kappa shape index (κ1) is 19.1. The zero-order valence-corrected chi connectivity index (χ0v) is 15.7. The Morgan fingerprint density at radius 3 is 2.48 bits per heavy atom.